The number of para-hydroxylation sites is 1. The summed E-state index contributed by atoms with van der Waals surface area (Å²) >= 11 is 3.46. The molecule has 1 aromatic carbocycles. The predicted octanol–water partition coefficient (Wildman–Crippen LogP) is 5.18. The molecule has 0 fully saturated rings. The van der Waals surface area contributed by atoms with Crippen LogP contribution in [-0.2, 0) is 9.47 Å². The molecule has 1 unspecified atom stereocenters. The third-order valence-corrected chi connectivity index (χ3v) is 3.85. The summed E-state index contributed by atoms with van der Waals surface area (Å²) in [6.07, 6.45) is 5.89. The zero-order chi connectivity index (χ0) is 15.3. The van der Waals surface area contributed by atoms with E-state index in [9.17, 15) is 0 Å². The average molecular weight is 359 g/mol. The Balaban J connectivity index is 1.99. The second kappa shape index (κ2) is 12.0. The van der Waals surface area contributed by atoms with Gasteiger partial charge < -0.3 is 14.2 Å². The summed E-state index contributed by atoms with van der Waals surface area (Å²) in [4.78, 5) is 0. The van der Waals surface area contributed by atoms with Crippen LogP contribution in [0.15, 0.2) is 28.7 Å². The summed E-state index contributed by atoms with van der Waals surface area (Å²) in [6, 6.07) is 7.86. The van der Waals surface area contributed by atoms with Crippen molar-refractivity contribution >= 4 is 15.9 Å². The van der Waals surface area contributed by atoms with Crippen molar-refractivity contribution in [2.24, 2.45) is 0 Å². The Morgan fingerprint density at radius 3 is 2.67 bits per heavy atom. The van der Waals surface area contributed by atoms with Crippen LogP contribution in [0, 0.1) is 0 Å². The zero-order valence-electron chi connectivity index (χ0n) is 13.1. The van der Waals surface area contributed by atoms with Gasteiger partial charge >= 0.3 is 0 Å². The standard InChI is InChI=1S/C17H27BrO3/c1-3-4-5-8-12-19-14-21-15(2)11-13-20-17-10-7-6-9-16(17)18/h6-7,9-10,15H,3-5,8,11-14H2,1-2H3. The van der Waals surface area contributed by atoms with Crippen LogP contribution >= 0.6 is 15.9 Å². The lowest BCUT2D eigenvalue weighted by Gasteiger charge is -2.14. The number of benzene rings is 1. The quantitative estimate of drug-likeness (QED) is 0.380. The lowest BCUT2D eigenvalue weighted by Crippen LogP contribution is -2.15. The number of hydrogen-bond donors (Lipinski definition) is 0. The van der Waals surface area contributed by atoms with Gasteiger partial charge in [-0.3, -0.25) is 0 Å². The van der Waals surface area contributed by atoms with Gasteiger partial charge in [0.1, 0.15) is 12.5 Å². The van der Waals surface area contributed by atoms with Crippen molar-refractivity contribution in [3.05, 3.63) is 28.7 Å². The molecule has 0 saturated heterocycles. The van der Waals surface area contributed by atoms with E-state index < -0.39 is 0 Å². The van der Waals surface area contributed by atoms with E-state index in [1.54, 1.807) is 0 Å². The van der Waals surface area contributed by atoms with Gasteiger partial charge in [0.2, 0.25) is 0 Å². The third kappa shape index (κ3) is 9.12. The fraction of sp³-hybridized carbons (Fsp3) is 0.647. The molecule has 0 radical (unpaired) electrons. The molecule has 0 bridgehead atoms. The van der Waals surface area contributed by atoms with Gasteiger partial charge in [0.25, 0.3) is 0 Å². The minimum Gasteiger partial charge on any atom is -0.492 e. The first-order chi connectivity index (χ1) is 10.2. The van der Waals surface area contributed by atoms with E-state index >= 15 is 0 Å². The number of halogens is 1. The highest BCUT2D eigenvalue weighted by Crippen LogP contribution is 2.23. The van der Waals surface area contributed by atoms with Crippen LogP contribution in [0.5, 0.6) is 5.75 Å². The first kappa shape index (κ1) is 18.5. The normalized spacial score (nSPS) is 12.3. The maximum Gasteiger partial charge on any atom is 0.147 e. The Hall–Kier alpha value is -0.580. The summed E-state index contributed by atoms with van der Waals surface area (Å²) < 4.78 is 17.8. The highest BCUT2D eigenvalue weighted by molar-refractivity contribution is 9.10. The number of rotatable bonds is 12. The Labute approximate surface area is 137 Å². The fourth-order valence-electron chi connectivity index (χ4n) is 1.83. The molecular weight excluding hydrogens is 332 g/mol. The molecule has 0 heterocycles. The molecule has 0 aliphatic heterocycles. The minimum atomic E-state index is 0.142. The maximum absolute atomic E-state index is 5.71. The molecule has 1 aromatic rings. The van der Waals surface area contributed by atoms with E-state index in [1.807, 2.05) is 31.2 Å². The molecule has 0 aliphatic carbocycles. The average Bonchev–Trinajstić information content (AvgIpc) is 2.48. The smallest absolute Gasteiger partial charge is 0.147 e. The summed E-state index contributed by atoms with van der Waals surface area (Å²) in [5.41, 5.74) is 0. The van der Waals surface area contributed by atoms with Gasteiger partial charge in [0, 0.05) is 13.0 Å². The van der Waals surface area contributed by atoms with Crippen LogP contribution in [0.25, 0.3) is 0 Å². The summed E-state index contributed by atoms with van der Waals surface area (Å²) in [5.74, 6) is 0.872. The van der Waals surface area contributed by atoms with Gasteiger partial charge in [0.05, 0.1) is 17.2 Å². The van der Waals surface area contributed by atoms with Crippen molar-refractivity contribution in [2.75, 3.05) is 20.0 Å². The summed E-state index contributed by atoms with van der Waals surface area (Å²) in [7, 11) is 0. The van der Waals surface area contributed by atoms with E-state index in [1.165, 1.54) is 19.3 Å². The lowest BCUT2D eigenvalue weighted by atomic mass is 10.2. The largest absolute Gasteiger partial charge is 0.492 e. The van der Waals surface area contributed by atoms with Crippen molar-refractivity contribution < 1.29 is 14.2 Å². The molecule has 0 saturated carbocycles. The van der Waals surface area contributed by atoms with Crippen molar-refractivity contribution in [1.82, 2.24) is 0 Å². The van der Waals surface area contributed by atoms with Crippen molar-refractivity contribution in [3.8, 4) is 5.75 Å². The van der Waals surface area contributed by atoms with Crippen molar-refractivity contribution in [3.63, 3.8) is 0 Å². The molecule has 1 atom stereocenters. The van der Waals surface area contributed by atoms with Crippen LogP contribution in [0.4, 0.5) is 0 Å². The topological polar surface area (TPSA) is 27.7 Å². The molecule has 0 aliphatic rings. The monoisotopic (exact) mass is 358 g/mol. The number of unbranched alkanes of at least 4 members (excludes halogenated alkanes) is 3. The highest BCUT2D eigenvalue weighted by Gasteiger charge is 2.04. The number of ether oxygens (including phenoxy) is 3. The summed E-state index contributed by atoms with van der Waals surface area (Å²) in [6.45, 7) is 6.06. The predicted molar refractivity (Wildman–Crippen MR) is 89.8 cm³/mol. The highest BCUT2D eigenvalue weighted by atomic mass is 79.9. The van der Waals surface area contributed by atoms with Crippen LogP contribution < -0.4 is 4.74 Å². The molecule has 4 heteroatoms. The minimum absolute atomic E-state index is 0.142. The fourth-order valence-corrected chi connectivity index (χ4v) is 2.23. The Morgan fingerprint density at radius 2 is 1.90 bits per heavy atom. The first-order valence-electron chi connectivity index (χ1n) is 7.80. The molecule has 3 nitrogen and oxygen atoms in total. The zero-order valence-corrected chi connectivity index (χ0v) is 14.7. The SMILES string of the molecule is CCCCCCOCOC(C)CCOc1ccccc1Br. The Morgan fingerprint density at radius 1 is 1.10 bits per heavy atom. The van der Waals surface area contributed by atoms with Crippen LogP contribution in [0.2, 0.25) is 0 Å². The second-order valence-corrected chi connectivity index (χ2v) is 5.99. The van der Waals surface area contributed by atoms with Crippen molar-refractivity contribution in [2.45, 2.75) is 52.1 Å². The van der Waals surface area contributed by atoms with Gasteiger partial charge in [-0.25, -0.2) is 0 Å². The van der Waals surface area contributed by atoms with Gasteiger partial charge in [-0.05, 0) is 41.4 Å². The molecular formula is C17H27BrO3. The van der Waals surface area contributed by atoms with Gasteiger partial charge in [-0.1, -0.05) is 38.3 Å². The molecule has 0 N–H and O–H groups in total. The van der Waals surface area contributed by atoms with Crippen LogP contribution in [0.3, 0.4) is 0 Å². The lowest BCUT2D eigenvalue weighted by molar-refractivity contribution is -0.0884. The van der Waals surface area contributed by atoms with Gasteiger partial charge in [-0.2, -0.15) is 0 Å². The molecule has 0 amide bonds. The van der Waals surface area contributed by atoms with E-state index in [2.05, 4.69) is 22.9 Å². The molecule has 1 rings (SSSR count). The Kier molecular flexibility index (Phi) is 10.6. The van der Waals surface area contributed by atoms with E-state index in [4.69, 9.17) is 14.2 Å². The molecule has 120 valence electrons. The van der Waals surface area contributed by atoms with E-state index in [-0.39, 0.29) is 6.10 Å². The third-order valence-electron chi connectivity index (χ3n) is 3.20. The number of hydrogen-bond acceptors (Lipinski definition) is 3. The first-order valence-corrected chi connectivity index (χ1v) is 8.60. The molecule has 0 spiro atoms. The second-order valence-electron chi connectivity index (χ2n) is 5.13. The van der Waals surface area contributed by atoms with Gasteiger partial charge in [0.15, 0.2) is 0 Å². The molecule has 0 aromatic heterocycles. The van der Waals surface area contributed by atoms with Crippen LogP contribution in [0.1, 0.15) is 46.0 Å². The van der Waals surface area contributed by atoms with Gasteiger partial charge in [-0.15, -0.1) is 0 Å². The van der Waals surface area contributed by atoms with E-state index in [0.29, 0.717) is 13.4 Å². The molecule has 21 heavy (non-hydrogen) atoms. The van der Waals surface area contributed by atoms with Crippen molar-refractivity contribution in [1.29, 1.82) is 0 Å². The Bertz CT molecular complexity index is 371. The maximum atomic E-state index is 5.71. The summed E-state index contributed by atoms with van der Waals surface area (Å²) in [5, 5.41) is 0. The van der Waals surface area contributed by atoms with E-state index in [0.717, 1.165) is 29.7 Å². The van der Waals surface area contributed by atoms with Crippen LogP contribution in [-0.4, -0.2) is 26.1 Å².